The Morgan fingerprint density at radius 2 is 2.00 bits per heavy atom. The Hall–Kier alpha value is -1.37. The molecule has 0 amide bonds. The van der Waals surface area contributed by atoms with Gasteiger partial charge in [0.1, 0.15) is 0 Å². The van der Waals surface area contributed by atoms with Crippen LogP contribution in [0, 0.1) is 11.3 Å². The molecule has 1 aromatic carbocycles. The number of aliphatic hydroxyl groups excluding tert-OH is 1. The molecule has 2 rings (SSSR count). The minimum absolute atomic E-state index is 0.253. The van der Waals surface area contributed by atoms with Crippen molar-refractivity contribution in [1.82, 2.24) is 4.90 Å². The standard InChI is InChI=1S/C18H26N2O/c19-12-4-1-5-13-20(14-7-15-21)18-11-6-9-16-8-2-3-10-17(16)18/h2-3,8,10,18,21H,1,4-7,9,11,13-15H2. The van der Waals surface area contributed by atoms with Crippen molar-refractivity contribution in [2.24, 2.45) is 0 Å². The third kappa shape index (κ3) is 4.56. The molecule has 0 radical (unpaired) electrons. The summed E-state index contributed by atoms with van der Waals surface area (Å²) in [5.74, 6) is 0. The Kier molecular flexibility index (Phi) is 6.72. The van der Waals surface area contributed by atoms with Crippen molar-refractivity contribution in [1.29, 1.82) is 5.26 Å². The summed E-state index contributed by atoms with van der Waals surface area (Å²) in [6.07, 6.45) is 7.16. The quantitative estimate of drug-likeness (QED) is 0.745. The average molecular weight is 286 g/mol. The molecule has 1 atom stereocenters. The van der Waals surface area contributed by atoms with Gasteiger partial charge in [-0.15, -0.1) is 0 Å². The van der Waals surface area contributed by atoms with Gasteiger partial charge in [-0.25, -0.2) is 0 Å². The molecule has 3 heteroatoms. The fourth-order valence-corrected chi connectivity index (χ4v) is 3.32. The normalized spacial score (nSPS) is 17.5. The summed E-state index contributed by atoms with van der Waals surface area (Å²) in [7, 11) is 0. The first-order valence-corrected chi connectivity index (χ1v) is 8.16. The molecule has 0 spiro atoms. The molecular weight excluding hydrogens is 260 g/mol. The second-order valence-corrected chi connectivity index (χ2v) is 5.84. The van der Waals surface area contributed by atoms with Crippen LogP contribution in [0.25, 0.3) is 0 Å². The Morgan fingerprint density at radius 1 is 1.19 bits per heavy atom. The third-order valence-electron chi connectivity index (χ3n) is 4.37. The van der Waals surface area contributed by atoms with Crippen LogP contribution in [0.1, 0.15) is 55.7 Å². The molecule has 0 fully saturated rings. The fourth-order valence-electron chi connectivity index (χ4n) is 3.32. The number of nitriles is 1. The van der Waals surface area contributed by atoms with Gasteiger partial charge in [0.05, 0.1) is 6.07 Å². The summed E-state index contributed by atoms with van der Waals surface area (Å²) in [4.78, 5) is 2.52. The van der Waals surface area contributed by atoms with E-state index in [0.717, 1.165) is 32.4 Å². The topological polar surface area (TPSA) is 47.3 Å². The highest BCUT2D eigenvalue weighted by atomic mass is 16.3. The van der Waals surface area contributed by atoms with Crippen molar-refractivity contribution in [3.63, 3.8) is 0 Å². The van der Waals surface area contributed by atoms with E-state index in [9.17, 15) is 0 Å². The number of rotatable bonds is 8. The molecule has 1 unspecified atom stereocenters. The molecule has 0 aromatic heterocycles. The van der Waals surface area contributed by atoms with Crippen LogP contribution in [0.5, 0.6) is 0 Å². The first-order valence-electron chi connectivity index (χ1n) is 8.16. The van der Waals surface area contributed by atoms with Gasteiger partial charge in [0, 0.05) is 25.6 Å². The van der Waals surface area contributed by atoms with E-state index < -0.39 is 0 Å². The van der Waals surface area contributed by atoms with Crippen LogP contribution in [0.2, 0.25) is 0 Å². The Balaban J connectivity index is 2.04. The molecule has 1 aliphatic rings. The Labute approximate surface area is 128 Å². The van der Waals surface area contributed by atoms with Gasteiger partial charge in [-0.3, -0.25) is 4.90 Å². The number of hydrogen-bond donors (Lipinski definition) is 1. The van der Waals surface area contributed by atoms with Crippen LogP contribution in [-0.2, 0) is 6.42 Å². The first-order chi connectivity index (χ1) is 10.4. The molecule has 3 nitrogen and oxygen atoms in total. The van der Waals surface area contributed by atoms with Crippen LogP contribution in [0.15, 0.2) is 24.3 Å². The van der Waals surface area contributed by atoms with E-state index in [1.807, 2.05) is 0 Å². The van der Waals surface area contributed by atoms with Crippen molar-refractivity contribution in [3.05, 3.63) is 35.4 Å². The molecule has 1 aromatic rings. The zero-order valence-electron chi connectivity index (χ0n) is 12.8. The summed E-state index contributed by atoms with van der Waals surface area (Å²) in [5, 5.41) is 17.8. The van der Waals surface area contributed by atoms with Crippen LogP contribution in [0.4, 0.5) is 0 Å². The molecular formula is C18H26N2O. The van der Waals surface area contributed by atoms with Crippen molar-refractivity contribution >= 4 is 0 Å². The largest absolute Gasteiger partial charge is 0.396 e. The van der Waals surface area contributed by atoms with E-state index in [4.69, 9.17) is 10.4 Å². The lowest BCUT2D eigenvalue weighted by Crippen LogP contribution is -2.33. The van der Waals surface area contributed by atoms with Gasteiger partial charge in [-0.05, 0) is 56.2 Å². The summed E-state index contributed by atoms with van der Waals surface area (Å²) in [6.45, 7) is 2.23. The maximum Gasteiger partial charge on any atom is 0.0621 e. The summed E-state index contributed by atoms with van der Waals surface area (Å²) in [6, 6.07) is 11.5. The molecule has 114 valence electrons. The minimum atomic E-state index is 0.253. The fraction of sp³-hybridized carbons (Fsp3) is 0.611. The zero-order valence-corrected chi connectivity index (χ0v) is 12.8. The Bertz CT molecular complexity index is 467. The lowest BCUT2D eigenvalue weighted by molar-refractivity contribution is 0.157. The predicted octanol–water partition coefficient (Wildman–Crippen LogP) is 3.44. The highest BCUT2D eigenvalue weighted by molar-refractivity contribution is 5.32. The number of nitrogens with zero attached hydrogens (tertiary/aromatic N) is 2. The van der Waals surface area contributed by atoms with Crippen LogP contribution in [-0.4, -0.2) is 29.7 Å². The van der Waals surface area contributed by atoms with Gasteiger partial charge in [0.2, 0.25) is 0 Å². The molecule has 0 bridgehead atoms. The van der Waals surface area contributed by atoms with E-state index >= 15 is 0 Å². The number of benzene rings is 1. The minimum Gasteiger partial charge on any atom is -0.396 e. The second kappa shape index (κ2) is 8.81. The summed E-state index contributed by atoms with van der Waals surface area (Å²) < 4.78 is 0. The number of fused-ring (bicyclic) bond motifs is 1. The van der Waals surface area contributed by atoms with Gasteiger partial charge in [-0.2, -0.15) is 5.26 Å². The lowest BCUT2D eigenvalue weighted by atomic mass is 9.86. The smallest absolute Gasteiger partial charge is 0.0621 e. The van der Waals surface area contributed by atoms with Gasteiger partial charge in [-0.1, -0.05) is 24.3 Å². The number of aliphatic hydroxyl groups is 1. The maximum atomic E-state index is 9.15. The molecule has 0 aliphatic heterocycles. The highest BCUT2D eigenvalue weighted by Crippen LogP contribution is 2.34. The maximum absolute atomic E-state index is 9.15. The molecule has 21 heavy (non-hydrogen) atoms. The molecule has 1 aliphatic carbocycles. The van der Waals surface area contributed by atoms with Gasteiger partial charge in [0.25, 0.3) is 0 Å². The van der Waals surface area contributed by atoms with Crippen molar-refractivity contribution in [2.45, 2.75) is 51.0 Å². The SMILES string of the molecule is N#CCCCCN(CCCO)C1CCCc2ccccc21. The number of unbranched alkanes of at least 4 members (excludes halogenated alkanes) is 2. The van der Waals surface area contributed by atoms with Crippen LogP contribution in [0.3, 0.4) is 0 Å². The zero-order chi connectivity index (χ0) is 14.9. The first kappa shape index (κ1) is 16.0. The van der Waals surface area contributed by atoms with E-state index in [1.165, 1.54) is 30.4 Å². The highest BCUT2D eigenvalue weighted by Gasteiger charge is 2.24. The summed E-state index contributed by atoms with van der Waals surface area (Å²) >= 11 is 0. The second-order valence-electron chi connectivity index (χ2n) is 5.84. The van der Waals surface area contributed by atoms with E-state index in [2.05, 4.69) is 35.2 Å². The molecule has 0 heterocycles. The lowest BCUT2D eigenvalue weighted by Gasteiger charge is -2.36. The summed E-state index contributed by atoms with van der Waals surface area (Å²) in [5.41, 5.74) is 2.96. The van der Waals surface area contributed by atoms with Crippen molar-refractivity contribution < 1.29 is 5.11 Å². The van der Waals surface area contributed by atoms with Gasteiger partial charge >= 0.3 is 0 Å². The number of hydrogen-bond acceptors (Lipinski definition) is 3. The molecule has 0 saturated carbocycles. The van der Waals surface area contributed by atoms with Crippen LogP contribution < -0.4 is 0 Å². The van der Waals surface area contributed by atoms with Crippen LogP contribution >= 0.6 is 0 Å². The predicted molar refractivity (Wildman–Crippen MR) is 84.9 cm³/mol. The average Bonchev–Trinajstić information content (AvgIpc) is 2.54. The van der Waals surface area contributed by atoms with E-state index in [1.54, 1.807) is 0 Å². The monoisotopic (exact) mass is 286 g/mol. The van der Waals surface area contributed by atoms with Crippen molar-refractivity contribution in [2.75, 3.05) is 19.7 Å². The number of aryl methyl sites for hydroxylation is 1. The molecule has 1 N–H and O–H groups in total. The van der Waals surface area contributed by atoms with Crippen molar-refractivity contribution in [3.8, 4) is 6.07 Å². The Morgan fingerprint density at radius 3 is 2.81 bits per heavy atom. The van der Waals surface area contributed by atoms with E-state index in [0.29, 0.717) is 12.5 Å². The molecule has 0 saturated heterocycles. The van der Waals surface area contributed by atoms with Gasteiger partial charge < -0.3 is 5.11 Å². The van der Waals surface area contributed by atoms with Gasteiger partial charge in [0.15, 0.2) is 0 Å². The third-order valence-corrected chi connectivity index (χ3v) is 4.37. The van der Waals surface area contributed by atoms with E-state index in [-0.39, 0.29) is 6.61 Å².